The van der Waals surface area contributed by atoms with Gasteiger partial charge in [-0.25, -0.2) is 13.6 Å². The second-order valence-electron chi connectivity index (χ2n) is 5.91. The number of carbonyl (C=O) groups is 1. The van der Waals surface area contributed by atoms with Crippen LogP contribution in [0.3, 0.4) is 0 Å². The van der Waals surface area contributed by atoms with Crippen molar-refractivity contribution in [2.24, 2.45) is 0 Å². The number of rotatable bonds is 4. The molecule has 1 aromatic carbocycles. The number of methoxy groups -OCH3 is 1. The van der Waals surface area contributed by atoms with Crippen molar-refractivity contribution in [1.29, 1.82) is 0 Å². The molecule has 9 heteroatoms. The fraction of sp³-hybridized carbons (Fsp3) is 0.158. The molecular formula is C19H13F4NO4. The molecule has 0 aliphatic heterocycles. The second kappa shape index (κ2) is 7.34. The molecule has 1 aromatic heterocycles. The summed E-state index contributed by atoms with van der Waals surface area (Å²) in [5.41, 5.74) is -2.38. The van der Waals surface area contributed by atoms with Crippen LogP contribution in [0.5, 0.6) is 5.75 Å². The number of aromatic carboxylic acids is 1. The largest absolute Gasteiger partial charge is 0.491 e. The molecule has 0 saturated carbocycles. The molecule has 1 N–H and O–H groups in total. The number of hydrogen-bond donors (Lipinski definition) is 1. The van der Waals surface area contributed by atoms with Crippen molar-refractivity contribution in [1.82, 2.24) is 4.57 Å². The zero-order valence-electron chi connectivity index (χ0n) is 14.4. The molecule has 0 saturated heterocycles. The SMILES string of the molecule is COc1c(F)c(F)c(Cn2cc(C(=O)O)c(=O)c3c2=CC=CCC=3)c(F)c1F. The van der Waals surface area contributed by atoms with Gasteiger partial charge in [0.05, 0.1) is 19.0 Å². The van der Waals surface area contributed by atoms with Gasteiger partial charge in [-0.15, -0.1) is 0 Å². The summed E-state index contributed by atoms with van der Waals surface area (Å²) in [6.45, 7) is -0.753. The molecule has 5 nitrogen and oxygen atoms in total. The van der Waals surface area contributed by atoms with Gasteiger partial charge in [0.25, 0.3) is 0 Å². The van der Waals surface area contributed by atoms with Gasteiger partial charge in [0.15, 0.2) is 17.4 Å². The maximum atomic E-state index is 14.3. The average molecular weight is 395 g/mol. The summed E-state index contributed by atoms with van der Waals surface area (Å²) in [6.07, 6.45) is 7.36. The number of ether oxygens (including phenoxy) is 1. The maximum absolute atomic E-state index is 14.3. The predicted octanol–water partition coefficient (Wildman–Crippen LogP) is 1.68. The van der Waals surface area contributed by atoms with Gasteiger partial charge in [-0.3, -0.25) is 4.79 Å². The molecule has 0 fully saturated rings. The molecule has 28 heavy (non-hydrogen) atoms. The predicted molar refractivity (Wildman–Crippen MR) is 91.5 cm³/mol. The number of allylic oxidation sites excluding steroid dienone is 2. The van der Waals surface area contributed by atoms with Crippen molar-refractivity contribution in [2.45, 2.75) is 13.0 Å². The molecule has 2 aromatic rings. The molecular weight excluding hydrogens is 382 g/mol. The number of carboxylic acids is 1. The summed E-state index contributed by atoms with van der Waals surface area (Å²) in [6, 6.07) is 0. The van der Waals surface area contributed by atoms with Crippen molar-refractivity contribution in [3.8, 4) is 5.75 Å². The molecule has 0 amide bonds. The third-order valence-corrected chi connectivity index (χ3v) is 4.28. The van der Waals surface area contributed by atoms with Crippen LogP contribution in [-0.4, -0.2) is 22.8 Å². The van der Waals surface area contributed by atoms with E-state index in [4.69, 9.17) is 0 Å². The third-order valence-electron chi connectivity index (χ3n) is 4.28. The topological polar surface area (TPSA) is 68.5 Å². The van der Waals surface area contributed by atoms with E-state index in [2.05, 4.69) is 4.74 Å². The number of hydrogen-bond acceptors (Lipinski definition) is 3. The summed E-state index contributed by atoms with van der Waals surface area (Å²) in [5, 5.41) is 9.42. The van der Waals surface area contributed by atoms with Crippen molar-refractivity contribution < 1.29 is 32.2 Å². The van der Waals surface area contributed by atoms with Gasteiger partial charge < -0.3 is 14.4 Å². The van der Waals surface area contributed by atoms with E-state index in [0.717, 1.165) is 17.9 Å². The van der Waals surface area contributed by atoms with Crippen LogP contribution in [0.4, 0.5) is 17.6 Å². The Morgan fingerprint density at radius 3 is 2.39 bits per heavy atom. The van der Waals surface area contributed by atoms with Crippen molar-refractivity contribution >= 4 is 18.1 Å². The van der Waals surface area contributed by atoms with Gasteiger partial charge in [-0.05, 0) is 12.5 Å². The first-order chi connectivity index (χ1) is 13.3. The van der Waals surface area contributed by atoms with Crippen LogP contribution in [0.25, 0.3) is 12.2 Å². The Morgan fingerprint density at radius 1 is 1.18 bits per heavy atom. The lowest BCUT2D eigenvalue weighted by Gasteiger charge is -2.14. The first-order valence-electron chi connectivity index (χ1n) is 8.00. The first kappa shape index (κ1) is 19.4. The van der Waals surface area contributed by atoms with Crippen LogP contribution < -0.4 is 20.7 Å². The lowest BCUT2D eigenvalue weighted by atomic mass is 10.1. The van der Waals surface area contributed by atoms with Gasteiger partial charge in [0, 0.05) is 17.0 Å². The lowest BCUT2D eigenvalue weighted by molar-refractivity contribution is 0.0694. The number of benzene rings is 1. The maximum Gasteiger partial charge on any atom is 0.341 e. The van der Waals surface area contributed by atoms with E-state index in [9.17, 15) is 32.3 Å². The number of halogens is 4. The van der Waals surface area contributed by atoms with Crippen LogP contribution in [-0.2, 0) is 6.54 Å². The lowest BCUT2D eigenvalue weighted by Crippen LogP contribution is -2.47. The molecule has 146 valence electrons. The molecule has 1 aliphatic rings. The number of fused-ring (bicyclic) bond motifs is 1. The van der Waals surface area contributed by atoms with Crippen LogP contribution in [0.1, 0.15) is 22.3 Å². The van der Waals surface area contributed by atoms with Crippen LogP contribution >= 0.6 is 0 Å². The third kappa shape index (κ3) is 3.08. The summed E-state index contributed by atoms with van der Waals surface area (Å²) < 4.78 is 62.1. The second-order valence-corrected chi connectivity index (χ2v) is 5.91. The summed E-state index contributed by atoms with van der Waals surface area (Å²) in [7, 11) is 0.859. The van der Waals surface area contributed by atoms with Crippen LogP contribution in [0.2, 0.25) is 0 Å². The minimum Gasteiger partial charge on any atom is -0.491 e. The summed E-state index contributed by atoms with van der Waals surface area (Å²) >= 11 is 0. The van der Waals surface area contributed by atoms with Crippen molar-refractivity contribution in [2.75, 3.05) is 7.11 Å². The highest BCUT2D eigenvalue weighted by Crippen LogP contribution is 2.30. The van der Waals surface area contributed by atoms with E-state index in [1.54, 1.807) is 12.2 Å². The molecule has 0 spiro atoms. The zero-order valence-corrected chi connectivity index (χ0v) is 14.4. The van der Waals surface area contributed by atoms with E-state index in [1.807, 2.05) is 0 Å². The Morgan fingerprint density at radius 2 is 1.82 bits per heavy atom. The minimum absolute atomic E-state index is 0.0140. The van der Waals surface area contributed by atoms with Gasteiger partial charge in [-0.2, -0.15) is 8.78 Å². The monoisotopic (exact) mass is 395 g/mol. The van der Waals surface area contributed by atoms with Gasteiger partial charge in [0.2, 0.25) is 17.1 Å². The minimum atomic E-state index is -1.71. The fourth-order valence-electron chi connectivity index (χ4n) is 2.94. The summed E-state index contributed by atoms with van der Waals surface area (Å²) in [5.74, 6) is -9.51. The Balaban J connectivity index is 2.32. The van der Waals surface area contributed by atoms with Gasteiger partial charge in [0.1, 0.15) is 5.56 Å². The van der Waals surface area contributed by atoms with Crippen molar-refractivity contribution in [3.05, 3.63) is 73.5 Å². The number of nitrogens with zero attached hydrogens (tertiary/aromatic N) is 1. The fourth-order valence-corrected chi connectivity index (χ4v) is 2.94. The normalized spacial score (nSPS) is 12.6. The Kier molecular flexibility index (Phi) is 5.08. The highest BCUT2D eigenvalue weighted by atomic mass is 19.2. The summed E-state index contributed by atoms with van der Waals surface area (Å²) in [4.78, 5) is 23.8. The van der Waals surface area contributed by atoms with E-state index < -0.39 is 58.1 Å². The molecule has 3 rings (SSSR count). The van der Waals surface area contributed by atoms with Crippen molar-refractivity contribution in [3.63, 3.8) is 0 Å². The van der Waals surface area contributed by atoms with Crippen LogP contribution in [0, 0.1) is 23.3 Å². The molecule has 0 radical (unpaired) electrons. The smallest absolute Gasteiger partial charge is 0.341 e. The highest BCUT2D eigenvalue weighted by molar-refractivity contribution is 5.87. The Bertz CT molecular complexity index is 1170. The quantitative estimate of drug-likeness (QED) is 0.632. The van der Waals surface area contributed by atoms with Gasteiger partial charge in [-0.1, -0.05) is 18.2 Å². The highest BCUT2D eigenvalue weighted by Gasteiger charge is 2.26. The molecule has 1 aliphatic carbocycles. The average Bonchev–Trinajstić information content (AvgIpc) is 2.92. The molecule has 0 unspecified atom stereocenters. The van der Waals surface area contributed by atoms with Crippen LogP contribution in [0.15, 0.2) is 23.1 Å². The molecule has 0 bridgehead atoms. The standard InChI is InChI=1S/C19H13F4NO4/c1-28-18-15(22)13(20)10(14(21)16(18)23)7-24-8-11(19(26)27)17(25)9-5-3-2-4-6-12(9)24/h2,4-6,8H,3,7H2,1H3,(H,26,27). The van der Waals surface area contributed by atoms with E-state index in [-0.39, 0.29) is 10.6 Å². The number of carboxylic acid groups (broad SMARTS) is 1. The van der Waals surface area contributed by atoms with E-state index >= 15 is 0 Å². The van der Waals surface area contributed by atoms with Gasteiger partial charge >= 0.3 is 5.97 Å². The van der Waals surface area contributed by atoms with E-state index in [0.29, 0.717) is 6.42 Å². The Labute approximate surface area is 155 Å². The van der Waals surface area contributed by atoms with E-state index in [1.165, 1.54) is 12.2 Å². The number of pyridine rings is 1. The molecule has 0 atom stereocenters. The molecule has 1 heterocycles. The first-order valence-corrected chi connectivity index (χ1v) is 8.00. The zero-order chi connectivity index (χ0) is 20.6. The Hall–Kier alpha value is -3.36. The number of aromatic nitrogens is 1.